The van der Waals surface area contributed by atoms with Crippen molar-refractivity contribution in [1.82, 2.24) is 5.32 Å². The van der Waals surface area contributed by atoms with Crippen LogP contribution in [0.2, 0.25) is 0 Å². The zero-order valence-corrected chi connectivity index (χ0v) is 15.7. The smallest absolute Gasteiger partial charge is 0.00979 e. The first kappa shape index (κ1) is 19.0. The maximum Gasteiger partial charge on any atom is 0.00979 e. The highest BCUT2D eigenvalue weighted by atomic mass is 14.9. The van der Waals surface area contributed by atoms with Crippen molar-refractivity contribution in [3.63, 3.8) is 0 Å². The van der Waals surface area contributed by atoms with Crippen molar-refractivity contribution in [3.05, 3.63) is 0 Å². The van der Waals surface area contributed by atoms with Crippen LogP contribution in [0.1, 0.15) is 92.9 Å². The fourth-order valence-corrected chi connectivity index (χ4v) is 4.14. The van der Waals surface area contributed by atoms with Crippen LogP contribution in [0, 0.1) is 23.2 Å². The molecule has 0 spiro atoms. The lowest BCUT2D eigenvalue weighted by Crippen LogP contribution is -2.41. The summed E-state index contributed by atoms with van der Waals surface area (Å²) in [5, 5.41) is 3.89. The Labute approximate surface area is 134 Å². The van der Waals surface area contributed by atoms with Gasteiger partial charge in [-0.2, -0.15) is 0 Å². The van der Waals surface area contributed by atoms with Gasteiger partial charge in [0, 0.05) is 6.04 Å². The van der Waals surface area contributed by atoms with Gasteiger partial charge in [0.2, 0.25) is 0 Å². The van der Waals surface area contributed by atoms with E-state index in [-0.39, 0.29) is 0 Å². The highest BCUT2D eigenvalue weighted by Gasteiger charge is 2.33. The molecule has 1 nitrogen and oxygen atoms in total. The number of hydrogen-bond acceptors (Lipinski definition) is 1. The van der Waals surface area contributed by atoms with Crippen LogP contribution in [0.25, 0.3) is 0 Å². The van der Waals surface area contributed by atoms with Gasteiger partial charge in [0.15, 0.2) is 0 Å². The Balaban J connectivity index is 2.55. The Morgan fingerprint density at radius 3 is 1.95 bits per heavy atom. The molecule has 126 valence electrons. The average molecular weight is 296 g/mol. The van der Waals surface area contributed by atoms with Gasteiger partial charge in [-0.3, -0.25) is 0 Å². The molecule has 1 saturated carbocycles. The molecule has 0 aromatic rings. The van der Waals surface area contributed by atoms with Gasteiger partial charge in [0.05, 0.1) is 0 Å². The zero-order chi connectivity index (χ0) is 15.9. The molecule has 1 atom stereocenters. The Morgan fingerprint density at radius 2 is 1.52 bits per heavy atom. The molecule has 0 heterocycles. The Morgan fingerprint density at radius 1 is 0.952 bits per heavy atom. The summed E-state index contributed by atoms with van der Waals surface area (Å²) in [4.78, 5) is 0. The van der Waals surface area contributed by atoms with Gasteiger partial charge in [-0.1, -0.05) is 54.4 Å². The number of rotatable bonds is 8. The van der Waals surface area contributed by atoms with E-state index >= 15 is 0 Å². The van der Waals surface area contributed by atoms with Gasteiger partial charge >= 0.3 is 0 Å². The van der Waals surface area contributed by atoms with Crippen LogP contribution in [-0.4, -0.2) is 12.6 Å². The van der Waals surface area contributed by atoms with E-state index in [9.17, 15) is 0 Å². The summed E-state index contributed by atoms with van der Waals surface area (Å²) < 4.78 is 0. The van der Waals surface area contributed by atoms with Gasteiger partial charge < -0.3 is 5.32 Å². The summed E-state index contributed by atoms with van der Waals surface area (Å²) in [6.45, 7) is 15.5. The van der Waals surface area contributed by atoms with Crippen molar-refractivity contribution in [2.75, 3.05) is 6.54 Å². The molecule has 0 bridgehead atoms. The molecule has 1 rings (SSSR count). The van der Waals surface area contributed by atoms with E-state index in [1.165, 1.54) is 57.9 Å². The summed E-state index contributed by atoms with van der Waals surface area (Å²) >= 11 is 0. The van der Waals surface area contributed by atoms with E-state index < -0.39 is 0 Å². The molecule has 21 heavy (non-hydrogen) atoms. The SMILES string of the molecule is CCCNC(CC(CC)CC)C1CCC(C(C)(C)C)CC1. The van der Waals surface area contributed by atoms with Gasteiger partial charge in [0.1, 0.15) is 0 Å². The molecule has 0 saturated heterocycles. The summed E-state index contributed by atoms with van der Waals surface area (Å²) in [5.74, 6) is 2.78. The zero-order valence-electron chi connectivity index (χ0n) is 15.7. The monoisotopic (exact) mass is 295 g/mol. The summed E-state index contributed by atoms with van der Waals surface area (Å²) in [5.41, 5.74) is 0.507. The second kappa shape index (κ2) is 9.18. The van der Waals surface area contributed by atoms with Crippen molar-refractivity contribution in [2.24, 2.45) is 23.2 Å². The van der Waals surface area contributed by atoms with Gasteiger partial charge in [-0.05, 0) is 68.2 Å². The Kier molecular flexibility index (Phi) is 8.31. The Hall–Kier alpha value is -0.0400. The van der Waals surface area contributed by atoms with Crippen molar-refractivity contribution in [1.29, 1.82) is 0 Å². The molecular weight excluding hydrogens is 254 g/mol. The third kappa shape index (κ3) is 6.30. The molecule has 1 fully saturated rings. The summed E-state index contributed by atoms with van der Waals surface area (Å²) in [6.07, 6.45) is 11.1. The second-order valence-corrected chi connectivity index (χ2v) is 8.46. The molecule has 1 aliphatic rings. The maximum atomic E-state index is 3.89. The van der Waals surface area contributed by atoms with E-state index in [1.54, 1.807) is 0 Å². The van der Waals surface area contributed by atoms with Crippen LogP contribution in [0.5, 0.6) is 0 Å². The predicted octanol–water partition coefficient (Wildman–Crippen LogP) is 6.03. The third-order valence-corrected chi connectivity index (χ3v) is 5.96. The van der Waals surface area contributed by atoms with Crippen molar-refractivity contribution < 1.29 is 0 Å². The highest BCUT2D eigenvalue weighted by Crippen LogP contribution is 2.41. The molecule has 0 aromatic heterocycles. The standard InChI is InChI=1S/C20H41N/c1-7-14-21-19(15-16(8-2)9-3)17-10-12-18(13-11-17)20(4,5)6/h16-19,21H,7-15H2,1-6H3. The van der Waals surface area contributed by atoms with Crippen molar-refractivity contribution >= 4 is 0 Å². The van der Waals surface area contributed by atoms with Crippen molar-refractivity contribution in [3.8, 4) is 0 Å². The van der Waals surface area contributed by atoms with Crippen LogP contribution in [0.4, 0.5) is 0 Å². The minimum absolute atomic E-state index is 0.507. The molecule has 0 aromatic carbocycles. The van der Waals surface area contributed by atoms with E-state index in [0.717, 1.165) is 23.8 Å². The first-order chi connectivity index (χ1) is 9.92. The normalized spacial score (nSPS) is 25.3. The lowest BCUT2D eigenvalue weighted by Gasteiger charge is -2.40. The fourth-order valence-electron chi connectivity index (χ4n) is 4.14. The predicted molar refractivity (Wildman–Crippen MR) is 95.7 cm³/mol. The van der Waals surface area contributed by atoms with Gasteiger partial charge in [0.25, 0.3) is 0 Å². The van der Waals surface area contributed by atoms with Crippen LogP contribution in [-0.2, 0) is 0 Å². The van der Waals surface area contributed by atoms with E-state index in [2.05, 4.69) is 46.9 Å². The molecule has 0 radical (unpaired) electrons. The second-order valence-electron chi connectivity index (χ2n) is 8.46. The quantitative estimate of drug-likeness (QED) is 0.576. The lowest BCUT2D eigenvalue weighted by atomic mass is 9.68. The lowest BCUT2D eigenvalue weighted by molar-refractivity contribution is 0.125. The van der Waals surface area contributed by atoms with Crippen LogP contribution in [0.3, 0.4) is 0 Å². The fraction of sp³-hybridized carbons (Fsp3) is 1.00. The average Bonchev–Trinajstić information content (AvgIpc) is 2.47. The topological polar surface area (TPSA) is 12.0 Å². The minimum Gasteiger partial charge on any atom is -0.314 e. The van der Waals surface area contributed by atoms with Gasteiger partial charge in [-0.25, -0.2) is 0 Å². The van der Waals surface area contributed by atoms with Crippen LogP contribution >= 0.6 is 0 Å². The molecule has 0 aliphatic heterocycles. The first-order valence-electron chi connectivity index (χ1n) is 9.65. The molecule has 1 aliphatic carbocycles. The summed E-state index contributed by atoms with van der Waals surface area (Å²) in [6, 6.07) is 0.774. The largest absolute Gasteiger partial charge is 0.314 e. The van der Waals surface area contributed by atoms with E-state index in [1.807, 2.05) is 0 Å². The Bertz CT molecular complexity index is 254. The van der Waals surface area contributed by atoms with E-state index in [0.29, 0.717) is 5.41 Å². The number of nitrogens with one attached hydrogen (secondary N) is 1. The van der Waals surface area contributed by atoms with Gasteiger partial charge in [-0.15, -0.1) is 0 Å². The molecule has 1 heteroatoms. The molecule has 0 amide bonds. The third-order valence-electron chi connectivity index (χ3n) is 5.96. The van der Waals surface area contributed by atoms with Crippen LogP contribution < -0.4 is 5.32 Å². The summed E-state index contributed by atoms with van der Waals surface area (Å²) in [7, 11) is 0. The van der Waals surface area contributed by atoms with E-state index in [4.69, 9.17) is 0 Å². The maximum absolute atomic E-state index is 3.89. The minimum atomic E-state index is 0.507. The first-order valence-corrected chi connectivity index (χ1v) is 9.65. The van der Waals surface area contributed by atoms with Crippen molar-refractivity contribution in [2.45, 2.75) is 99.0 Å². The number of hydrogen-bond donors (Lipinski definition) is 1. The molecular formula is C20H41N. The highest BCUT2D eigenvalue weighted by molar-refractivity contribution is 4.86. The molecule has 1 unspecified atom stereocenters. The molecule has 1 N–H and O–H groups in total. The van der Waals surface area contributed by atoms with Crippen LogP contribution in [0.15, 0.2) is 0 Å².